The summed E-state index contributed by atoms with van der Waals surface area (Å²) in [6.07, 6.45) is 0. The number of hydrogen-bond donors (Lipinski definition) is 6. The number of oxime groups is 1. The van der Waals surface area contributed by atoms with E-state index in [4.69, 9.17) is 20.1 Å². The van der Waals surface area contributed by atoms with Gasteiger partial charge in [-0.05, 0) is 41.5 Å². The Morgan fingerprint density at radius 3 is 2.55 bits per heavy atom. The molecule has 4 heterocycles. The number of phenolic OH excluding ortho intramolecular Hbond substituents is 2. The molecule has 0 aliphatic carbocycles. The Morgan fingerprint density at radius 1 is 1.10 bits per heavy atom. The first-order valence-corrected chi connectivity index (χ1v) is 16.8. The number of benzene rings is 2. The van der Waals surface area contributed by atoms with Crippen LogP contribution in [0.25, 0.3) is 11.5 Å². The number of phenols is 2. The standard InChI is InChI=1S/C29H23N7O10S3/c30-28-31-16(11-48-28)19(35-45-8-12-1-3-13(4-2-12)26(41)42)22(39)32-20-24(40)36-21(27(43)44)15(9-47-25(20)36)10-49-29-34-33-23(46-29)14-5-6-17(37)18(38)7-14/h1-7,11,20,25,37-38H,8-10H2,(H2,30,31)(H,32,39)(H,41,42)(H,43,44)/t20-,25-/m0/s1. The van der Waals surface area contributed by atoms with E-state index in [9.17, 15) is 34.5 Å². The highest BCUT2D eigenvalue weighted by Crippen LogP contribution is 2.42. The second-order valence-corrected chi connectivity index (χ2v) is 13.2. The number of aliphatic carboxylic acids is 1. The van der Waals surface area contributed by atoms with E-state index in [2.05, 4.69) is 25.7 Å². The Balaban J connectivity index is 1.13. The van der Waals surface area contributed by atoms with Crippen molar-refractivity contribution in [3.63, 3.8) is 0 Å². The Kier molecular flexibility index (Phi) is 9.42. The zero-order valence-corrected chi connectivity index (χ0v) is 27.1. The molecule has 1 saturated heterocycles. The van der Waals surface area contributed by atoms with Gasteiger partial charge in [-0.15, -0.1) is 33.3 Å². The summed E-state index contributed by atoms with van der Waals surface area (Å²) in [5.74, 6) is -4.14. The van der Waals surface area contributed by atoms with Gasteiger partial charge in [0.05, 0.1) is 5.56 Å². The molecule has 0 spiro atoms. The number of fused-ring (bicyclic) bond motifs is 1. The molecule has 4 aromatic rings. The van der Waals surface area contributed by atoms with Crippen LogP contribution in [0.15, 0.2) is 73.9 Å². The van der Waals surface area contributed by atoms with Crippen molar-refractivity contribution in [3.05, 3.63) is 75.9 Å². The van der Waals surface area contributed by atoms with Gasteiger partial charge in [0.1, 0.15) is 29.4 Å². The van der Waals surface area contributed by atoms with E-state index in [-0.39, 0.29) is 68.5 Å². The normalized spacial score (nSPS) is 17.3. The molecule has 2 atom stereocenters. The van der Waals surface area contributed by atoms with Crippen molar-refractivity contribution in [3.8, 4) is 23.0 Å². The number of carbonyl (C=O) groups excluding carboxylic acids is 2. The monoisotopic (exact) mass is 725 g/mol. The number of nitrogen functional groups attached to an aromatic ring is 1. The average Bonchev–Trinajstić information content (AvgIpc) is 3.74. The minimum absolute atomic E-state index is 0.0721. The molecule has 2 amide bonds. The fourth-order valence-corrected chi connectivity index (χ4v) is 7.51. The number of hydrogen-bond acceptors (Lipinski definition) is 16. The molecular weight excluding hydrogens is 703 g/mol. The summed E-state index contributed by atoms with van der Waals surface area (Å²) in [6.45, 7) is -0.107. The fourth-order valence-electron chi connectivity index (χ4n) is 4.71. The summed E-state index contributed by atoms with van der Waals surface area (Å²) in [5.41, 5.74) is 6.82. The lowest BCUT2D eigenvalue weighted by Gasteiger charge is -2.49. The number of carbonyl (C=O) groups is 4. The number of anilines is 1. The molecule has 20 heteroatoms. The van der Waals surface area contributed by atoms with Crippen LogP contribution in [-0.2, 0) is 25.8 Å². The number of thioether (sulfide) groups is 2. The number of carboxylic acid groups (broad SMARTS) is 2. The van der Waals surface area contributed by atoms with Gasteiger partial charge >= 0.3 is 11.9 Å². The molecule has 0 radical (unpaired) electrons. The fraction of sp³-hybridized carbons (Fsp3) is 0.172. The molecule has 6 rings (SSSR count). The smallest absolute Gasteiger partial charge is 0.352 e. The molecule has 2 aromatic heterocycles. The highest BCUT2D eigenvalue weighted by Gasteiger charge is 2.54. The predicted octanol–water partition coefficient (Wildman–Crippen LogP) is 2.34. The van der Waals surface area contributed by atoms with Crippen LogP contribution in [0.2, 0.25) is 0 Å². The number of aromatic nitrogens is 3. The van der Waals surface area contributed by atoms with Crippen molar-refractivity contribution >= 4 is 69.5 Å². The third-order valence-corrected chi connectivity index (χ3v) is 10.0. The first-order chi connectivity index (χ1) is 23.5. The van der Waals surface area contributed by atoms with Gasteiger partial charge in [0.15, 0.2) is 22.3 Å². The van der Waals surface area contributed by atoms with Gasteiger partial charge < -0.3 is 40.7 Å². The third kappa shape index (κ3) is 7.00. The maximum absolute atomic E-state index is 13.4. The van der Waals surface area contributed by atoms with Crippen LogP contribution in [0.3, 0.4) is 0 Å². The summed E-state index contributed by atoms with van der Waals surface area (Å²) in [5, 5.41) is 53.8. The highest BCUT2D eigenvalue weighted by atomic mass is 32.2. The lowest BCUT2D eigenvalue weighted by Crippen LogP contribution is -2.71. The van der Waals surface area contributed by atoms with E-state index in [0.717, 1.165) is 28.0 Å². The molecule has 0 saturated carbocycles. The number of thiazole rings is 1. The summed E-state index contributed by atoms with van der Waals surface area (Å²) in [6, 6.07) is 8.78. The molecular formula is C29H23N7O10S3. The van der Waals surface area contributed by atoms with Gasteiger partial charge in [0.2, 0.25) is 5.89 Å². The molecule has 0 bridgehead atoms. The van der Waals surface area contributed by atoms with E-state index in [1.54, 1.807) is 0 Å². The maximum Gasteiger partial charge on any atom is 0.352 e. The van der Waals surface area contributed by atoms with Crippen molar-refractivity contribution in [2.24, 2.45) is 5.16 Å². The Morgan fingerprint density at radius 2 is 1.88 bits per heavy atom. The molecule has 1 fully saturated rings. The number of amides is 2. The minimum atomic E-state index is -1.32. The van der Waals surface area contributed by atoms with E-state index in [1.165, 1.54) is 59.6 Å². The summed E-state index contributed by atoms with van der Waals surface area (Å²) in [4.78, 5) is 60.7. The molecule has 2 aliphatic heterocycles. The van der Waals surface area contributed by atoms with Gasteiger partial charge in [-0.25, -0.2) is 14.6 Å². The zero-order chi connectivity index (χ0) is 34.8. The van der Waals surface area contributed by atoms with Crippen LogP contribution in [0.5, 0.6) is 11.5 Å². The van der Waals surface area contributed by atoms with Crippen molar-refractivity contribution in [2.75, 3.05) is 17.2 Å². The van der Waals surface area contributed by atoms with Crippen LogP contribution in [0, 0.1) is 0 Å². The van der Waals surface area contributed by atoms with Crippen LogP contribution < -0.4 is 11.1 Å². The summed E-state index contributed by atoms with van der Waals surface area (Å²) >= 11 is 3.37. The third-order valence-electron chi connectivity index (χ3n) is 7.10. The van der Waals surface area contributed by atoms with Crippen LogP contribution in [-0.4, -0.2) is 92.9 Å². The lowest BCUT2D eigenvalue weighted by atomic mass is 10.0. The molecule has 252 valence electrons. The number of rotatable bonds is 12. The topological polar surface area (TPSA) is 264 Å². The van der Waals surface area contributed by atoms with Crippen molar-refractivity contribution in [1.29, 1.82) is 0 Å². The molecule has 2 aromatic carbocycles. The van der Waals surface area contributed by atoms with E-state index in [1.807, 2.05) is 0 Å². The number of β-lactam (4-membered cyclic amide) rings is 1. The zero-order valence-electron chi connectivity index (χ0n) is 24.7. The Bertz CT molecular complexity index is 2030. The molecule has 2 aliphatic rings. The molecule has 17 nitrogen and oxygen atoms in total. The number of nitrogens with zero attached hydrogens (tertiary/aromatic N) is 5. The van der Waals surface area contributed by atoms with Crippen molar-refractivity contribution < 1.29 is 48.9 Å². The van der Waals surface area contributed by atoms with E-state index < -0.39 is 35.2 Å². The Labute approximate surface area is 287 Å². The van der Waals surface area contributed by atoms with E-state index in [0.29, 0.717) is 16.7 Å². The first-order valence-electron chi connectivity index (χ1n) is 13.9. The number of nitrogens with two attached hydrogens (primary N) is 1. The second kappa shape index (κ2) is 13.9. The van der Waals surface area contributed by atoms with Crippen molar-refractivity contribution in [2.45, 2.75) is 23.2 Å². The van der Waals surface area contributed by atoms with Crippen LogP contribution in [0.1, 0.15) is 21.6 Å². The van der Waals surface area contributed by atoms with Crippen LogP contribution >= 0.6 is 34.9 Å². The van der Waals surface area contributed by atoms with Gasteiger partial charge in [-0.2, -0.15) is 0 Å². The average molecular weight is 726 g/mol. The number of aromatic hydroxyl groups is 2. The van der Waals surface area contributed by atoms with E-state index >= 15 is 0 Å². The van der Waals surface area contributed by atoms with Crippen LogP contribution in [0.4, 0.5) is 5.13 Å². The SMILES string of the molecule is Nc1nc(C(=NOCc2ccc(C(=O)O)cc2)C(=O)N[C@H]2C(=O)N3C(C(=O)O)=C(CSc4nnc(-c5ccc(O)c(O)c5)o4)CS[C@@H]23)cs1. The number of carboxylic acids is 2. The molecule has 0 unspecified atom stereocenters. The molecule has 49 heavy (non-hydrogen) atoms. The molecule has 7 N–H and O–H groups in total. The maximum atomic E-state index is 13.4. The first kappa shape index (κ1) is 33.3. The highest BCUT2D eigenvalue weighted by molar-refractivity contribution is 8.01. The lowest BCUT2D eigenvalue weighted by molar-refractivity contribution is -0.150. The number of aromatic carboxylic acids is 1. The summed E-state index contributed by atoms with van der Waals surface area (Å²) in [7, 11) is 0. The quantitative estimate of drug-likeness (QED) is 0.0402. The minimum Gasteiger partial charge on any atom is -0.504 e. The van der Waals surface area contributed by atoms with Gasteiger partial charge in [0.25, 0.3) is 17.0 Å². The largest absolute Gasteiger partial charge is 0.504 e. The second-order valence-electron chi connectivity index (χ2n) is 10.3. The predicted molar refractivity (Wildman–Crippen MR) is 175 cm³/mol. The summed E-state index contributed by atoms with van der Waals surface area (Å²) < 4.78 is 5.61. The van der Waals surface area contributed by atoms with Gasteiger partial charge in [-0.1, -0.05) is 29.1 Å². The van der Waals surface area contributed by atoms with Gasteiger partial charge in [0, 0.05) is 22.4 Å². The Hall–Kier alpha value is -5.60. The van der Waals surface area contributed by atoms with Crippen molar-refractivity contribution in [1.82, 2.24) is 25.4 Å². The number of nitrogens with one attached hydrogen (secondary N) is 1. The van der Waals surface area contributed by atoms with Gasteiger partial charge in [-0.3, -0.25) is 14.5 Å².